The van der Waals surface area contributed by atoms with Crippen molar-refractivity contribution in [3.05, 3.63) is 23.8 Å². The van der Waals surface area contributed by atoms with Crippen LogP contribution in [0.2, 0.25) is 0 Å². The minimum atomic E-state index is -0.663. The van der Waals surface area contributed by atoms with E-state index >= 15 is 0 Å². The topological polar surface area (TPSA) is 85.3 Å². The minimum absolute atomic E-state index is 0.00442. The number of amides is 4. The van der Waals surface area contributed by atoms with Crippen molar-refractivity contribution < 1.29 is 14.4 Å². The van der Waals surface area contributed by atoms with Crippen molar-refractivity contribution in [2.75, 3.05) is 20.6 Å². The largest absolute Gasteiger partial charge is 0.338 e. The van der Waals surface area contributed by atoms with Gasteiger partial charge in [-0.05, 0) is 17.9 Å². The molecule has 2 heterocycles. The molecule has 2 aliphatic heterocycles. The maximum absolute atomic E-state index is 12.7. The van der Waals surface area contributed by atoms with Gasteiger partial charge in [-0.25, -0.2) is 9.79 Å². The second-order valence-corrected chi connectivity index (χ2v) is 7.20. The number of aliphatic imine (C=N–C) groups is 1. The van der Waals surface area contributed by atoms with Gasteiger partial charge in [0, 0.05) is 14.1 Å². The number of nitrogens with zero attached hydrogens (tertiary/aromatic N) is 4. The molecule has 1 saturated heterocycles. The predicted octanol–water partition coefficient (Wildman–Crippen LogP) is 0.576. The fourth-order valence-corrected chi connectivity index (χ4v) is 3.34. The molecular formula is C18H25N5O3. The Bertz CT molecular complexity index is 712. The molecule has 0 spiro atoms. The van der Waals surface area contributed by atoms with Crippen LogP contribution in [-0.4, -0.2) is 77.8 Å². The van der Waals surface area contributed by atoms with Crippen molar-refractivity contribution in [3.8, 4) is 0 Å². The fraction of sp³-hybridized carbons (Fsp3) is 0.556. The first-order chi connectivity index (χ1) is 12.3. The molecule has 0 saturated carbocycles. The molecule has 1 aliphatic carbocycles. The highest BCUT2D eigenvalue weighted by atomic mass is 16.2. The zero-order valence-corrected chi connectivity index (χ0v) is 15.5. The highest BCUT2D eigenvalue weighted by Gasteiger charge is 2.45. The first kappa shape index (κ1) is 18.2. The molecule has 3 aliphatic rings. The molecule has 1 fully saturated rings. The zero-order chi connectivity index (χ0) is 19.0. The van der Waals surface area contributed by atoms with Crippen molar-refractivity contribution >= 4 is 24.2 Å². The number of rotatable bonds is 4. The number of fused-ring (bicyclic) bond motifs is 1. The predicted molar refractivity (Wildman–Crippen MR) is 97.3 cm³/mol. The van der Waals surface area contributed by atoms with Crippen LogP contribution in [-0.2, 0) is 9.59 Å². The average Bonchev–Trinajstić information content (AvgIpc) is 3.01. The first-order valence-corrected chi connectivity index (χ1v) is 8.80. The van der Waals surface area contributed by atoms with Crippen molar-refractivity contribution in [1.29, 1.82) is 0 Å². The van der Waals surface area contributed by atoms with Crippen LogP contribution in [0.3, 0.4) is 0 Å². The SMILES string of the molecule is CC(C)C1=CCC(N(C)C(=O)CN2C=NC3NC(=O)N(C)C(=O)C32)C=C1. The monoisotopic (exact) mass is 359 g/mol. The van der Waals surface area contributed by atoms with Gasteiger partial charge in [0.15, 0.2) is 12.2 Å². The van der Waals surface area contributed by atoms with Crippen LogP contribution in [0.1, 0.15) is 20.3 Å². The number of urea groups is 1. The molecule has 0 aromatic heterocycles. The molecule has 3 atom stereocenters. The van der Waals surface area contributed by atoms with Crippen LogP contribution in [0.5, 0.6) is 0 Å². The molecule has 8 nitrogen and oxygen atoms in total. The minimum Gasteiger partial charge on any atom is -0.338 e. The molecule has 3 rings (SSSR count). The van der Waals surface area contributed by atoms with Crippen molar-refractivity contribution in [3.63, 3.8) is 0 Å². The molecule has 0 radical (unpaired) electrons. The van der Waals surface area contributed by atoms with E-state index in [1.807, 2.05) is 6.08 Å². The summed E-state index contributed by atoms with van der Waals surface area (Å²) in [7, 11) is 3.19. The second-order valence-electron chi connectivity index (χ2n) is 7.20. The van der Waals surface area contributed by atoms with E-state index in [-0.39, 0.29) is 24.4 Å². The van der Waals surface area contributed by atoms with Gasteiger partial charge in [0.2, 0.25) is 5.91 Å². The van der Waals surface area contributed by atoms with Gasteiger partial charge in [-0.1, -0.05) is 32.1 Å². The van der Waals surface area contributed by atoms with Crippen molar-refractivity contribution in [2.45, 2.75) is 38.5 Å². The molecule has 26 heavy (non-hydrogen) atoms. The zero-order valence-electron chi connectivity index (χ0n) is 15.5. The number of imide groups is 1. The quantitative estimate of drug-likeness (QED) is 0.795. The number of allylic oxidation sites excluding steroid dienone is 2. The molecule has 4 amide bonds. The van der Waals surface area contributed by atoms with E-state index in [4.69, 9.17) is 0 Å². The van der Waals surface area contributed by atoms with Gasteiger partial charge >= 0.3 is 6.03 Å². The number of likely N-dealkylation sites (N-methyl/N-ethyl adjacent to an activating group) is 2. The fourth-order valence-electron chi connectivity index (χ4n) is 3.34. The first-order valence-electron chi connectivity index (χ1n) is 8.80. The van der Waals surface area contributed by atoms with Crippen LogP contribution in [0.4, 0.5) is 4.79 Å². The van der Waals surface area contributed by atoms with Crippen LogP contribution in [0.15, 0.2) is 28.8 Å². The lowest BCUT2D eigenvalue weighted by molar-refractivity contribution is -0.136. The van der Waals surface area contributed by atoms with Crippen LogP contribution in [0, 0.1) is 5.92 Å². The molecule has 3 unspecified atom stereocenters. The summed E-state index contributed by atoms with van der Waals surface area (Å²) < 4.78 is 0. The number of hydrogen-bond acceptors (Lipinski definition) is 5. The number of carbonyl (C=O) groups excluding carboxylic acids is 3. The molecule has 1 N–H and O–H groups in total. The van der Waals surface area contributed by atoms with E-state index in [9.17, 15) is 14.4 Å². The Balaban J connectivity index is 1.62. The third-order valence-electron chi connectivity index (χ3n) is 5.17. The Morgan fingerprint density at radius 2 is 2.15 bits per heavy atom. The van der Waals surface area contributed by atoms with E-state index < -0.39 is 18.2 Å². The maximum Gasteiger partial charge on any atom is 0.325 e. The van der Waals surface area contributed by atoms with Crippen LogP contribution in [0.25, 0.3) is 0 Å². The summed E-state index contributed by atoms with van der Waals surface area (Å²) in [5, 5.41) is 2.65. The molecule has 140 valence electrons. The molecule has 8 heteroatoms. The molecule has 0 aromatic carbocycles. The van der Waals surface area contributed by atoms with Crippen LogP contribution >= 0.6 is 0 Å². The van der Waals surface area contributed by atoms with Crippen molar-refractivity contribution in [1.82, 2.24) is 20.0 Å². The number of nitrogens with one attached hydrogen (secondary N) is 1. The van der Waals surface area contributed by atoms with E-state index in [1.54, 1.807) is 16.8 Å². The second kappa shape index (κ2) is 6.93. The Morgan fingerprint density at radius 1 is 1.42 bits per heavy atom. The Hall–Kier alpha value is -2.64. The van der Waals surface area contributed by atoms with Gasteiger partial charge < -0.3 is 15.1 Å². The van der Waals surface area contributed by atoms with Gasteiger partial charge in [-0.2, -0.15) is 0 Å². The van der Waals surface area contributed by atoms with E-state index in [0.29, 0.717) is 5.92 Å². The normalized spacial score (nSPS) is 27.6. The molecule has 0 aromatic rings. The van der Waals surface area contributed by atoms with E-state index in [1.165, 1.54) is 19.0 Å². The summed E-state index contributed by atoms with van der Waals surface area (Å²) in [4.78, 5) is 45.2. The number of carbonyl (C=O) groups is 3. The molecular weight excluding hydrogens is 334 g/mol. The van der Waals surface area contributed by atoms with Gasteiger partial charge in [0.1, 0.15) is 0 Å². The smallest absolute Gasteiger partial charge is 0.325 e. The lowest BCUT2D eigenvalue weighted by Gasteiger charge is -2.35. The maximum atomic E-state index is 12.7. The Morgan fingerprint density at radius 3 is 2.77 bits per heavy atom. The van der Waals surface area contributed by atoms with E-state index in [0.717, 1.165) is 11.3 Å². The van der Waals surface area contributed by atoms with Gasteiger partial charge in [-0.15, -0.1) is 0 Å². The van der Waals surface area contributed by atoms with Gasteiger partial charge in [-0.3, -0.25) is 14.5 Å². The van der Waals surface area contributed by atoms with Crippen LogP contribution < -0.4 is 5.32 Å². The summed E-state index contributed by atoms with van der Waals surface area (Å²) in [6, 6.07) is -1.13. The Labute approximate surface area is 153 Å². The third kappa shape index (κ3) is 3.23. The molecule has 0 bridgehead atoms. The summed E-state index contributed by atoms with van der Waals surface area (Å²) in [6.45, 7) is 4.33. The lowest BCUT2D eigenvalue weighted by Crippen LogP contribution is -2.64. The average molecular weight is 359 g/mol. The summed E-state index contributed by atoms with van der Waals surface area (Å²) in [5.41, 5.74) is 1.28. The standard InChI is InChI=1S/C18H25N5O3/c1-11(2)12-5-7-13(8-6-12)21(3)14(24)9-23-10-19-16-15(23)17(25)22(4)18(26)20-16/h5-7,10-11,13,15-16H,8-9H2,1-4H3,(H,20,26). The highest BCUT2D eigenvalue weighted by molar-refractivity contribution is 6.02. The lowest BCUT2D eigenvalue weighted by atomic mass is 9.94. The number of hydrogen-bond donors (Lipinski definition) is 1. The summed E-state index contributed by atoms with van der Waals surface area (Å²) in [6.07, 6.45) is 7.92. The Kier molecular flexibility index (Phi) is 4.84. The van der Waals surface area contributed by atoms with Crippen molar-refractivity contribution in [2.24, 2.45) is 10.9 Å². The van der Waals surface area contributed by atoms with Gasteiger partial charge in [0.05, 0.1) is 18.9 Å². The third-order valence-corrected chi connectivity index (χ3v) is 5.17. The summed E-state index contributed by atoms with van der Waals surface area (Å²) in [5.74, 6) is 0.0183. The highest BCUT2D eigenvalue weighted by Crippen LogP contribution is 2.22. The van der Waals surface area contributed by atoms with Gasteiger partial charge in [0.25, 0.3) is 5.91 Å². The summed E-state index contributed by atoms with van der Waals surface area (Å²) >= 11 is 0. The van der Waals surface area contributed by atoms with E-state index in [2.05, 4.69) is 36.3 Å².